The Balaban J connectivity index is 0.000000292. The molecule has 0 bridgehead atoms. The van der Waals surface area contributed by atoms with Gasteiger partial charge >= 0.3 is 0 Å². The number of ether oxygens (including phenoxy) is 3. The van der Waals surface area contributed by atoms with Gasteiger partial charge < -0.3 is 14.2 Å². The van der Waals surface area contributed by atoms with E-state index in [2.05, 4.69) is 62.3 Å². The van der Waals surface area contributed by atoms with Gasteiger partial charge in [0.05, 0.1) is 24.7 Å². The van der Waals surface area contributed by atoms with Crippen LogP contribution in [0.4, 0.5) is 0 Å². The van der Waals surface area contributed by atoms with Crippen LogP contribution in [0.15, 0.2) is 23.2 Å². The van der Waals surface area contributed by atoms with Crippen molar-refractivity contribution >= 4 is 0 Å². The molecular formula is C36H68O3. The third-order valence-corrected chi connectivity index (χ3v) is 9.30. The van der Waals surface area contributed by atoms with Crippen LogP contribution < -0.4 is 0 Å². The SMILES string of the molecule is CCCC1=C(CC)CC(CC)CO1.CCCC1OC=C(CC)CC1CC.CCCC1OCC(CC)CC1CC. The van der Waals surface area contributed by atoms with Gasteiger partial charge in [0.2, 0.25) is 0 Å². The Morgan fingerprint density at radius 3 is 1.87 bits per heavy atom. The lowest BCUT2D eigenvalue weighted by molar-refractivity contribution is -0.0618. The van der Waals surface area contributed by atoms with Gasteiger partial charge in [0.15, 0.2) is 0 Å². The summed E-state index contributed by atoms with van der Waals surface area (Å²) in [7, 11) is 0. The van der Waals surface area contributed by atoms with E-state index >= 15 is 0 Å². The summed E-state index contributed by atoms with van der Waals surface area (Å²) in [5.41, 5.74) is 3.05. The summed E-state index contributed by atoms with van der Waals surface area (Å²) in [5.74, 6) is 4.50. The van der Waals surface area contributed by atoms with Crippen molar-refractivity contribution < 1.29 is 14.2 Å². The van der Waals surface area contributed by atoms with Crippen molar-refractivity contribution in [1.29, 1.82) is 0 Å². The maximum atomic E-state index is 5.93. The van der Waals surface area contributed by atoms with E-state index in [-0.39, 0.29) is 0 Å². The molecule has 0 saturated carbocycles. The molecule has 3 heteroatoms. The highest BCUT2D eigenvalue weighted by Gasteiger charge is 2.28. The van der Waals surface area contributed by atoms with Gasteiger partial charge in [0.25, 0.3) is 0 Å². The molecule has 3 heterocycles. The van der Waals surface area contributed by atoms with Gasteiger partial charge in [-0.15, -0.1) is 0 Å². The first-order valence-corrected chi connectivity index (χ1v) is 17.2. The minimum Gasteiger partial charge on any atom is -0.498 e. The van der Waals surface area contributed by atoms with Crippen molar-refractivity contribution in [3.05, 3.63) is 23.2 Å². The third-order valence-electron chi connectivity index (χ3n) is 9.30. The zero-order chi connectivity index (χ0) is 29.0. The molecular weight excluding hydrogens is 480 g/mol. The minimum atomic E-state index is 0.491. The summed E-state index contributed by atoms with van der Waals surface area (Å²) in [6.07, 6.45) is 21.7. The van der Waals surface area contributed by atoms with Crippen molar-refractivity contribution in [3.8, 4) is 0 Å². The van der Waals surface area contributed by atoms with Gasteiger partial charge in [-0.3, -0.25) is 0 Å². The normalized spacial score (nSPS) is 28.7. The van der Waals surface area contributed by atoms with Crippen LogP contribution in [0.5, 0.6) is 0 Å². The fourth-order valence-electron chi connectivity index (χ4n) is 6.32. The summed E-state index contributed by atoms with van der Waals surface area (Å²) >= 11 is 0. The Kier molecular flexibility index (Phi) is 20.1. The highest BCUT2D eigenvalue weighted by Crippen LogP contribution is 2.32. The van der Waals surface area contributed by atoms with E-state index in [0.717, 1.165) is 49.7 Å². The van der Waals surface area contributed by atoms with Crippen molar-refractivity contribution in [3.63, 3.8) is 0 Å². The molecule has 6 atom stereocenters. The van der Waals surface area contributed by atoms with E-state index in [1.165, 1.54) is 94.8 Å². The summed E-state index contributed by atoms with van der Waals surface area (Å²) in [6.45, 7) is 22.2. The summed E-state index contributed by atoms with van der Waals surface area (Å²) in [4.78, 5) is 0. The molecule has 3 aliphatic heterocycles. The molecule has 0 N–H and O–H groups in total. The number of rotatable bonds is 12. The first kappa shape index (κ1) is 36.1. The smallest absolute Gasteiger partial charge is 0.101 e. The van der Waals surface area contributed by atoms with Gasteiger partial charge in [0, 0.05) is 13.0 Å². The molecule has 0 spiro atoms. The number of allylic oxidation sites excluding steroid dienone is 3. The van der Waals surface area contributed by atoms with Crippen LogP contribution in [0.1, 0.15) is 159 Å². The monoisotopic (exact) mass is 549 g/mol. The van der Waals surface area contributed by atoms with Crippen LogP contribution in [0.2, 0.25) is 0 Å². The second-order valence-electron chi connectivity index (χ2n) is 12.2. The first-order valence-electron chi connectivity index (χ1n) is 17.2. The van der Waals surface area contributed by atoms with Crippen LogP contribution in [0.3, 0.4) is 0 Å². The van der Waals surface area contributed by atoms with Gasteiger partial charge in [-0.05, 0) is 99.0 Å². The molecule has 39 heavy (non-hydrogen) atoms. The Labute approximate surface area is 244 Å². The summed E-state index contributed by atoms with van der Waals surface area (Å²) in [5, 5.41) is 0. The Hall–Kier alpha value is -0.960. The van der Waals surface area contributed by atoms with Crippen molar-refractivity contribution in [2.45, 2.75) is 171 Å². The quantitative estimate of drug-likeness (QED) is 0.243. The minimum absolute atomic E-state index is 0.491. The highest BCUT2D eigenvalue weighted by molar-refractivity contribution is 5.11. The van der Waals surface area contributed by atoms with Crippen LogP contribution in [-0.4, -0.2) is 25.4 Å². The van der Waals surface area contributed by atoms with Crippen LogP contribution in [0.25, 0.3) is 0 Å². The molecule has 3 aliphatic rings. The zero-order valence-electron chi connectivity index (χ0n) is 27.8. The Bertz CT molecular complexity index is 666. The van der Waals surface area contributed by atoms with E-state index in [1.54, 1.807) is 5.57 Å². The molecule has 230 valence electrons. The standard InChI is InChI=1S/C12H24O.2C12H22O/c3*1-4-7-12-11(6-3)8-10(5-2)9-13-12/h10-12H,4-9H2,1-3H3;10H,4-9H2,1-3H3;9,11-12H,4-8H2,1-3H3. The second-order valence-corrected chi connectivity index (χ2v) is 12.2. The van der Waals surface area contributed by atoms with Crippen LogP contribution >= 0.6 is 0 Å². The third kappa shape index (κ3) is 13.0. The molecule has 0 radical (unpaired) electrons. The van der Waals surface area contributed by atoms with Gasteiger partial charge in [0.1, 0.15) is 6.10 Å². The van der Waals surface area contributed by atoms with E-state index in [1.807, 2.05) is 6.26 Å². The summed E-state index contributed by atoms with van der Waals surface area (Å²) in [6, 6.07) is 0. The Morgan fingerprint density at radius 2 is 1.33 bits per heavy atom. The highest BCUT2D eigenvalue weighted by atomic mass is 16.5. The van der Waals surface area contributed by atoms with Crippen LogP contribution in [-0.2, 0) is 14.2 Å². The van der Waals surface area contributed by atoms with Gasteiger partial charge in [-0.2, -0.15) is 0 Å². The summed E-state index contributed by atoms with van der Waals surface area (Å²) < 4.78 is 17.5. The predicted octanol–water partition coefficient (Wildman–Crippen LogP) is 11.4. The average molecular weight is 549 g/mol. The fourth-order valence-corrected chi connectivity index (χ4v) is 6.32. The second kappa shape index (κ2) is 21.7. The maximum absolute atomic E-state index is 5.93. The average Bonchev–Trinajstić information content (AvgIpc) is 2.98. The molecule has 0 aliphatic carbocycles. The largest absolute Gasteiger partial charge is 0.498 e. The van der Waals surface area contributed by atoms with Crippen LogP contribution in [0, 0.1) is 23.7 Å². The molecule has 0 amide bonds. The van der Waals surface area contributed by atoms with E-state index in [4.69, 9.17) is 14.2 Å². The predicted molar refractivity (Wildman–Crippen MR) is 170 cm³/mol. The number of hydrogen-bond donors (Lipinski definition) is 0. The molecule has 1 fully saturated rings. The lowest BCUT2D eigenvalue weighted by atomic mass is 9.83. The van der Waals surface area contributed by atoms with E-state index < -0.39 is 0 Å². The molecule has 3 nitrogen and oxygen atoms in total. The lowest BCUT2D eigenvalue weighted by Gasteiger charge is -2.35. The molecule has 6 unspecified atom stereocenters. The van der Waals surface area contributed by atoms with E-state index in [0.29, 0.717) is 12.2 Å². The molecule has 0 aromatic rings. The first-order chi connectivity index (χ1) is 18.9. The number of hydrogen-bond acceptors (Lipinski definition) is 3. The molecule has 0 aromatic carbocycles. The topological polar surface area (TPSA) is 27.7 Å². The molecule has 1 saturated heterocycles. The zero-order valence-corrected chi connectivity index (χ0v) is 27.8. The Morgan fingerprint density at radius 1 is 0.667 bits per heavy atom. The van der Waals surface area contributed by atoms with Crippen molar-refractivity contribution in [1.82, 2.24) is 0 Å². The molecule has 3 rings (SSSR count). The van der Waals surface area contributed by atoms with Crippen molar-refractivity contribution in [2.24, 2.45) is 23.7 Å². The maximum Gasteiger partial charge on any atom is 0.101 e. The van der Waals surface area contributed by atoms with E-state index in [9.17, 15) is 0 Å². The van der Waals surface area contributed by atoms with Crippen molar-refractivity contribution in [2.75, 3.05) is 13.2 Å². The molecule has 0 aromatic heterocycles. The lowest BCUT2D eigenvalue weighted by Crippen LogP contribution is -2.34. The fraction of sp³-hybridized carbons (Fsp3) is 0.889. The van der Waals surface area contributed by atoms with Gasteiger partial charge in [-0.1, -0.05) is 88.0 Å². The van der Waals surface area contributed by atoms with Gasteiger partial charge in [-0.25, -0.2) is 0 Å².